The van der Waals surface area contributed by atoms with Gasteiger partial charge in [0.15, 0.2) is 0 Å². The van der Waals surface area contributed by atoms with Gasteiger partial charge >= 0.3 is 0 Å². The van der Waals surface area contributed by atoms with Crippen LogP contribution in [0.5, 0.6) is 5.88 Å². The Morgan fingerprint density at radius 2 is 2.24 bits per heavy atom. The monoisotopic (exact) mass is 257 g/mol. The number of carbonyl (C=O) groups excluding carboxylic acids is 2. The molecular formula is C10H15N3O3S. The van der Waals surface area contributed by atoms with E-state index in [1.165, 1.54) is 7.11 Å². The molecule has 0 saturated heterocycles. The lowest BCUT2D eigenvalue weighted by Gasteiger charge is -2.24. The number of carbonyl (C=O) groups is 2. The van der Waals surface area contributed by atoms with Crippen LogP contribution in [0, 0.1) is 0 Å². The van der Waals surface area contributed by atoms with Crippen molar-refractivity contribution in [3.8, 4) is 5.88 Å². The maximum absolute atomic E-state index is 11.8. The van der Waals surface area contributed by atoms with E-state index in [4.69, 9.17) is 10.5 Å². The Balaban J connectivity index is 2.68. The zero-order valence-corrected chi connectivity index (χ0v) is 10.8. The van der Waals surface area contributed by atoms with E-state index < -0.39 is 11.4 Å². The topological polar surface area (TPSA) is 94.3 Å². The van der Waals surface area contributed by atoms with Crippen molar-refractivity contribution in [1.29, 1.82) is 0 Å². The highest BCUT2D eigenvalue weighted by Gasteiger charge is 2.24. The zero-order chi connectivity index (χ0) is 13.1. The number of aromatic nitrogens is 1. The van der Waals surface area contributed by atoms with Gasteiger partial charge in [0, 0.05) is 18.0 Å². The molecule has 3 N–H and O–H groups in total. The first kappa shape index (κ1) is 13.4. The summed E-state index contributed by atoms with van der Waals surface area (Å²) in [6.07, 6.45) is 0.0781. The number of hydrogen-bond donors (Lipinski definition) is 2. The Hall–Kier alpha value is -1.63. The second kappa shape index (κ2) is 5.13. The van der Waals surface area contributed by atoms with Crippen LogP contribution in [0.25, 0.3) is 0 Å². The van der Waals surface area contributed by atoms with Crippen LogP contribution >= 0.6 is 11.5 Å². The van der Waals surface area contributed by atoms with Crippen LogP contribution in [0.15, 0.2) is 6.07 Å². The van der Waals surface area contributed by atoms with Crippen LogP contribution in [0.1, 0.15) is 29.9 Å². The Morgan fingerprint density at radius 1 is 1.59 bits per heavy atom. The molecule has 1 rings (SSSR count). The first-order chi connectivity index (χ1) is 7.84. The largest absolute Gasteiger partial charge is 0.480 e. The fourth-order valence-corrected chi connectivity index (χ4v) is 1.91. The van der Waals surface area contributed by atoms with Crippen molar-refractivity contribution in [3.63, 3.8) is 0 Å². The van der Waals surface area contributed by atoms with Gasteiger partial charge in [0.1, 0.15) is 4.88 Å². The lowest BCUT2D eigenvalue weighted by Crippen LogP contribution is -2.45. The van der Waals surface area contributed by atoms with Crippen LogP contribution in [-0.2, 0) is 4.79 Å². The minimum atomic E-state index is -0.680. The number of nitrogens with zero attached hydrogens (tertiary/aromatic N) is 1. The van der Waals surface area contributed by atoms with Gasteiger partial charge in [0.2, 0.25) is 11.8 Å². The molecule has 0 atom stereocenters. The quantitative estimate of drug-likeness (QED) is 0.804. The summed E-state index contributed by atoms with van der Waals surface area (Å²) in [6.45, 7) is 3.46. The second-order valence-electron chi connectivity index (χ2n) is 4.21. The Labute approximate surface area is 103 Å². The van der Waals surface area contributed by atoms with Gasteiger partial charge < -0.3 is 15.8 Å². The van der Waals surface area contributed by atoms with Crippen LogP contribution in [0.2, 0.25) is 0 Å². The van der Waals surface area contributed by atoms with Gasteiger partial charge in [-0.1, -0.05) is 0 Å². The molecular weight excluding hydrogens is 242 g/mol. The third-order valence-corrected chi connectivity index (χ3v) is 2.76. The molecule has 0 bridgehead atoms. The number of rotatable bonds is 5. The van der Waals surface area contributed by atoms with Crippen LogP contribution < -0.4 is 15.8 Å². The first-order valence-electron chi connectivity index (χ1n) is 4.95. The van der Waals surface area contributed by atoms with Gasteiger partial charge in [0.25, 0.3) is 5.91 Å². The van der Waals surface area contributed by atoms with Crippen LogP contribution in [-0.4, -0.2) is 28.8 Å². The third kappa shape index (κ3) is 4.03. The van der Waals surface area contributed by atoms with E-state index in [2.05, 4.69) is 9.69 Å². The van der Waals surface area contributed by atoms with Crippen LogP contribution in [0.3, 0.4) is 0 Å². The number of primary amides is 1. The molecule has 0 spiro atoms. The summed E-state index contributed by atoms with van der Waals surface area (Å²) in [5.74, 6) is -0.359. The summed E-state index contributed by atoms with van der Waals surface area (Å²) in [7, 11) is 1.48. The summed E-state index contributed by atoms with van der Waals surface area (Å²) in [5.41, 5.74) is 4.42. The number of ether oxygens (including phenoxy) is 1. The summed E-state index contributed by atoms with van der Waals surface area (Å²) >= 11 is 1.04. The minimum absolute atomic E-state index is 0.0781. The Morgan fingerprint density at radius 3 is 2.71 bits per heavy atom. The molecule has 1 aromatic heterocycles. The standard InChI is InChI=1S/C10H15N3O3S/c1-10(2,5-7(11)14)12-9(15)6-4-8(16-3)13-17-6/h4H,5H2,1-3H3,(H2,11,14)(H,12,15). The molecule has 0 saturated carbocycles. The second-order valence-corrected chi connectivity index (χ2v) is 5.02. The molecule has 0 aromatic carbocycles. The Bertz CT molecular complexity index is 428. The predicted molar refractivity (Wildman–Crippen MR) is 64.0 cm³/mol. The van der Waals surface area contributed by atoms with Crippen molar-refractivity contribution in [2.24, 2.45) is 5.73 Å². The lowest BCUT2D eigenvalue weighted by atomic mass is 10.0. The molecule has 0 radical (unpaired) electrons. The van der Waals surface area contributed by atoms with Gasteiger partial charge in [-0.2, -0.15) is 4.37 Å². The van der Waals surface area contributed by atoms with Crippen LogP contribution in [0.4, 0.5) is 0 Å². The van der Waals surface area contributed by atoms with E-state index in [0.29, 0.717) is 10.8 Å². The van der Waals surface area contributed by atoms with Crippen molar-refractivity contribution in [2.75, 3.05) is 7.11 Å². The van der Waals surface area contributed by atoms with E-state index in [0.717, 1.165) is 11.5 Å². The average molecular weight is 257 g/mol. The molecule has 17 heavy (non-hydrogen) atoms. The highest BCUT2D eigenvalue weighted by molar-refractivity contribution is 7.08. The molecule has 7 heteroatoms. The van der Waals surface area contributed by atoms with Crippen molar-refractivity contribution < 1.29 is 14.3 Å². The maximum atomic E-state index is 11.8. The number of hydrogen-bond acceptors (Lipinski definition) is 5. The average Bonchev–Trinajstić information content (AvgIpc) is 2.62. The Kier molecular flexibility index (Phi) is 4.06. The van der Waals surface area contributed by atoms with E-state index in [9.17, 15) is 9.59 Å². The van der Waals surface area contributed by atoms with E-state index >= 15 is 0 Å². The molecule has 1 heterocycles. The fourth-order valence-electron chi connectivity index (χ4n) is 1.31. The van der Waals surface area contributed by atoms with Gasteiger partial charge in [-0.05, 0) is 25.4 Å². The number of nitrogens with two attached hydrogens (primary N) is 1. The number of amides is 2. The number of methoxy groups -OCH3 is 1. The van der Waals surface area contributed by atoms with Crippen molar-refractivity contribution >= 4 is 23.3 Å². The molecule has 0 aliphatic heterocycles. The molecule has 0 aliphatic carbocycles. The summed E-state index contributed by atoms with van der Waals surface area (Å²) in [6, 6.07) is 1.54. The number of nitrogens with one attached hydrogen (secondary N) is 1. The van der Waals surface area contributed by atoms with E-state index in [-0.39, 0.29) is 12.3 Å². The highest BCUT2D eigenvalue weighted by Crippen LogP contribution is 2.17. The van der Waals surface area contributed by atoms with Crippen molar-refractivity contribution in [3.05, 3.63) is 10.9 Å². The smallest absolute Gasteiger partial charge is 0.263 e. The molecule has 0 fully saturated rings. The summed E-state index contributed by atoms with van der Waals surface area (Å²) in [4.78, 5) is 23.1. The highest BCUT2D eigenvalue weighted by atomic mass is 32.1. The van der Waals surface area contributed by atoms with Gasteiger partial charge in [0.05, 0.1) is 7.11 Å². The SMILES string of the molecule is COc1cc(C(=O)NC(C)(C)CC(N)=O)sn1. The molecule has 1 aromatic rings. The zero-order valence-electron chi connectivity index (χ0n) is 9.94. The first-order valence-corrected chi connectivity index (χ1v) is 5.73. The molecule has 0 unspecified atom stereocenters. The van der Waals surface area contributed by atoms with Crippen molar-refractivity contribution in [1.82, 2.24) is 9.69 Å². The third-order valence-electron chi connectivity index (χ3n) is 1.99. The van der Waals surface area contributed by atoms with E-state index in [1.807, 2.05) is 0 Å². The van der Waals surface area contributed by atoms with Gasteiger partial charge in [-0.3, -0.25) is 9.59 Å². The molecule has 0 aliphatic rings. The maximum Gasteiger partial charge on any atom is 0.263 e. The normalized spacial score (nSPS) is 11.0. The molecule has 2 amide bonds. The van der Waals surface area contributed by atoms with Crippen molar-refractivity contribution in [2.45, 2.75) is 25.8 Å². The summed E-state index contributed by atoms with van der Waals surface area (Å²) in [5, 5.41) is 2.72. The van der Waals surface area contributed by atoms with Gasteiger partial charge in [-0.15, -0.1) is 0 Å². The predicted octanol–water partition coefficient (Wildman–Crippen LogP) is 0.535. The molecule has 94 valence electrons. The fraction of sp³-hybridized carbons (Fsp3) is 0.500. The summed E-state index contributed by atoms with van der Waals surface area (Å²) < 4.78 is 8.80. The molecule has 6 nitrogen and oxygen atoms in total. The lowest BCUT2D eigenvalue weighted by molar-refractivity contribution is -0.119. The minimum Gasteiger partial charge on any atom is -0.480 e. The van der Waals surface area contributed by atoms with Gasteiger partial charge in [-0.25, -0.2) is 0 Å². The van der Waals surface area contributed by atoms with E-state index in [1.54, 1.807) is 19.9 Å².